The van der Waals surface area contributed by atoms with Crippen molar-refractivity contribution in [1.29, 1.82) is 0 Å². The van der Waals surface area contributed by atoms with Gasteiger partial charge in [0.05, 0.1) is 6.26 Å². The third-order valence-electron chi connectivity index (χ3n) is 4.48. The van der Waals surface area contributed by atoms with Gasteiger partial charge in [-0.2, -0.15) is 0 Å². The first-order valence-electron chi connectivity index (χ1n) is 8.07. The van der Waals surface area contributed by atoms with Gasteiger partial charge in [-0.05, 0) is 31.3 Å². The Morgan fingerprint density at radius 2 is 1.96 bits per heavy atom. The number of rotatable bonds is 4. The zero-order valence-corrected chi connectivity index (χ0v) is 13.4. The normalized spacial score (nSPS) is 17.1. The van der Waals surface area contributed by atoms with E-state index in [1.165, 1.54) is 0 Å². The second-order valence-electron chi connectivity index (χ2n) is 6.06. The standard InChI is InChI=1S/C17H21N5O/c1-20-7-9-21(10-8-20)11-12-22-16-14(4-2-6-18-16)19-17(22)15-5-3-13-23-15/h2-6,13H,7-12H2,1H3. The molecule has 0 amide bonds. The van der Waals surface area contributed by atoms with E-state index in [0.29, 0.717) is 0 Å². The van der Waals surface area contributed by atoms with Crippen molar-refractivity contribution in [2.24, 2.45) is 0 Å². The monoisotopic (exact) mass is 311 g/mol. The zero-order valence-electron chi connectivity index (χ0n) is 13.4. The third-order valence-corrected chi connectivity index (χ3v) is 4.48. The summed E-state index contributed by atoms with van der Waals surface area (Å²) in [5.41, 5.74) is 1.84. The van der Waals surface area contributed by atoms with Gasteiger partial charge >= 0.3 is 0 Å². The zero-order chi connectivity index (χ0) is 15.6. The van der Waals surface area contributed by atoms with Crippen molar-refractivity contribution in [3.8, 4) is 11.6 Å². The Hall–Kier alpha value is -2.18. The van der Waals surface area contributed by atoms with Crippen LogP contribution in [-0.2, 0) is 6.54 Å². The van der Waals surface area contributed by atoms with Crippen molar-refractivity contribution in [2.45, 2.75) is 6.54 Å². The summed E-state index contributed by atoms with van der Waals surface area (Å²) in [5, 5.41) is 0. The van der Waals surface area contributed by atoms with E-state index in [1.54, 1.807) is 6.26 Å². The molecule has 0 aliphatic carbocycles. The molecule has 0 N–H and O–H groups in total. The van der Waals surface area contributed by atoms with Gasteiger partial charge in [0.15, 0.2) is 17.2 Å². The van der Waals surface area contributed by atoms with Gasteiger partial charge in [0.25, 0.3) is 0 Å². The molecule has 1 aliphatic heterocycles. The Bertz CT molecular complexity index is 771. The molecular weight excluding hydrogens is 290 g/mol. The number of nitrogens with zero attached hydrogens (tertiary/aromatic N) is 5. The highest BCUT2D eigenvalue weighted by Crippen LogP contribution is 2.24. The van der Waals surface area contributed by atoms with Gasteiger partial charge in [-0.1, -0.05) is 0 Å². The van der Waals surface area contributed by atoms with Crippen molar-refractivity contribution in [1.82, 2.24) is 24.3 Å². The van der Waals surface area contributed by atoms with Crippen molar-refractivity contribution < 1.29 is 4.42 Å². The number of furan rings is 1. The molecule has 0 unspecified atom stereocenters. The Kier molecular flexibility index (Phi) is 3.85. The van der Waals surface area contributed by atoms with E-state index in [-0.39, 0.29) is 0 Å². The van der Waals surface area contributed by atoms with Crippen molar-refractivity contribution in [3.63, 3.8) is 0 Å². The molecule has 6 nitrogen and oxygen atoms in total. The van der Waals surface area contributed by atoms with E-state index in [4.69, 9.17) is 9.40 Å². The number of aromatic nitrogens is 3. The molecule has 0 radical (unpaired) electrons. The summed E-state index contributed by atoms with van der Waals surface area (Å²) in [5.74, 6) is 1.65. The largest absolute Gasteiger partial charge is 0.461 e. The second kappa shape index (κ2) is 6.14. The van der Waals surface area contributed by atoms with Gasteiger partial charge in [-0.15, -0.1) is 0 Å². The smallest absolute Gasteiger partial charge is 0.178 e. The van der Waals surface area contributed by atoms with Crippen LogP contribution in [0.2, 0.25) is 0 Å². The lowest BCUT2D eigenvalue weighted by atomic mass is 10.3. The van der Waals surface area contributed by atoms with Gasteiger partial charge < -0.3 is 13.9 Å². The summed E-state index contributed by atoms with van der Waals surface area (Å²) in [4.78, 5) is 14.1. The quantitative estimate of drug-likeness (QED) is 0.737. The van der Waals surface area contributed by atoms with Gasteiger partial charge in [0, 0.05) is 45.5 Å². The maximum absolute atomic E-state index is 5.56. The highest BCUT2D eigenvalue weighted by molar-refractivity contribution is 5.75. The summed E-state index contributed by atoms with van der Waals surface area (Å²) >= 11 is 0. The van der Waals surface area contributed by atoms with E-state index in [0.717, 1.165) is 62.0 Å². The van der Waals surface area contributed by atoms with Crippen LogP contribution in [0.3, 0.4) is 0 Å². The Morgan fingerprint density at radius 1 is 1.09 bits per heavy atom. The minimum absolute atomic E-state index is 0.793. The van der Waals surface area contributed by atoms with E-state index < -0.39 is 0 Å². The van der Waals surface area contributed by atoms with Crippen LogP contribution in [0.25, 0.3) is 22.7 Å². The fourth-order valence-corrected chi connectivity index (χ4v) is 3.08. The van der Waals surface area contributed by atoms with Crippen LogP contribution in [0.4, 0.5) is 0 Å². The summed E-state index contributed by atoms with van der Waals surface area (Å²) in [7, 11) is 2.18. The highest BCUT2D eigenvalue weighted by atomic mass is 16.3. The Labute approximate surface area is 135 Å². The summed E-state index contributed by atoms with van der Waals surface area (Å²) in [6, 6.07) is 7.77. The number of fused-ring (bicyclic) bond motifs is 1. The molecule has 3 aromatic rings. The van der Waals surface area contributed by atoms with Crippen molar-refractivity contribution >= 4 is 11.2 Å². The van der Waals surface area contributed by atoms with Crippen LogP contribution < -0.4 is 0 Å². The number of hydrogen-bond acceptors (Lipinski definition) is 5. The van der Waals surface area contributed by atoms with Crippen molar-refractivity contribution in [2.75, 3.05) is 39.8 Å². The number of piperazine rings is 1. The lowest BCUT2D eigenvalue weighted by Crippen LogP contribution is -2.45. The van der Waals surface area contributed by atoms with Crippen LogP contribution >= 0.6 is 0 Å². The maximum atomic E-state index is 5.56. The van der Waals surface area contributed by atoms with Crippen LogP contribution in [0, 0.1) is 0 Å². The van der Waals surface area contributed by atoms with Gasteiger partial charge in [-0.3, -0.25) is 4.90 Å². The summed E-state index contributed by atoms with van der Waals surface area (Å²) in [6.07, 6.45) is 3.51. The minimum atomic E-state index is 0.793. The lowest BCUT2D eigenvalue weighted by Gasteiger charge is -2.32. The number of pyridine rings is 1. The van der Waals surface area contributed by atoms with Gasteiger partial charge in [0.1, 0.15) is 5.52 Å². The van der Waals surface area contributed by atoms with E-state index >= 15 is 0 Å². The molecule has 0 atom stereocenters. The summed E-state index contributed by atoms with van der Waals surface area (Å²) < 4.78 is 7.74. The predicted molar refractivity (Wildman–Crippen MR) is 89.2 cm³/mol. The molecule has 0 saturated carbocycles. The SMILES string of the molecule is CN1CCN(CCn2c(-c3ccco3)nc3cccnc32)CC1. The topological polar surface area (TPSA) is 50.3 Å². The molecular formula is C17H21N5O. The van der Waals surface area contributed by atoms with Crippen LogP contribution in [0.15, 0.2) is 41.1 Å². The van der Waals surface area contributed by atoms with Crippen molar-refractivity contribution in [3.05, 3.63) is 36.7 Å². The molecule has 0 spiro atoms. The molecule has 1 saturated heterocycles. The number of likely N-dealkylation sites (N-methyl/N-ethyl adjacent to an activating group) is 1. The fourth-order valence-electron chi connectivity index (χ4n) is 3.08. The van der Waals surface area contributed by atoms with Gasteiger partial charge in [0.2, 0.25) is 0 Å². The second-order valence-corrected chi connectivity index (χ2v) is 6.06. The third kappa shape index (κ3) is 2.87. The number of imidazole rings is 1. The molecule has 120 valence electrons. The first-order valence-corrected chi connectivity index (χ1v) is 8.07. The molecule has 4 heterocycles. The molecule has 4 rings (SSSR count). The highest BCUT2D eigenvalue weighted by Gasteiger charge is 2.18. The predicted octanol–water partition coefficient (Wildman–Crippen LogP) is 1.94. The molecule has 0 aromatic carbocycles. The first-order chi connectivity index (χ1) is 11.3. The van der Waals surface area contributed by atoms with Crippen LogP contribution in [0.1, 0.15) is 0 Å². The molecule has 1 fully saturated rings. The Morgan fingerprint density at radius 3 is 2.74 bits per heavy atom. The van der Waals surface area contributed by atoms with E-state index in [1.807, 2.05) is 30.5 Å². The average Bonchev–Trinajstić information content (AvgIpc) is 3.22. The molecule has 6 heteroatoms. The van der Waals surface area contributed by atoms with Gasteiger partial charge in [-0.25, -0.2) is 9.97 Å². The van der Waals surface area contributed by atoms with Crippen LogP contribution in [-0.4, -0.2) is 64.1 Å². The van der Waals surface area contributed by atoms with Crippen LogP contribution in [0.5, 0.6) is 0 Å². The Balaban J connectivity index is 1.61. The number of hydrogen-bond donors (Lipinski definition) is 0. The molecule has 23 heavy (non-hydrogen) atoms. The minimum Gasteiger partial charge on any atom is -0.461 e. The molecule has 1 aliphatic rings. The molecule has 0 bridgehead atoms. The molecule has 3 aromatic heterocycles. The maximum Gasteiger partial charge on any atom is 0.178 e. The first kappa shape index (κ1) is 14.4. The fraction of sp³-hybridized carbons (Fsp3) is 0.412. The van der Waals surface area contributed by atoms with E-state index in [9.17, 15) is 0 Å². The lowest BCUT2D eigenvalue weighted by molar-refractivity contribution is 0.150. The summed E-state index contributed by atoms with van der Waals surface area (Å²) in [6.45, 7) is 6.37. The van der Waals surface area contributed by atoms with E-state index in [2.05, 4.69) is 26.4 Å². The average molecular weight is 311 g/mol.